The van der Waals surface area contributed by atoms with Gasteiger partial charge in [0.2, 0.25) is 5.91 Å². The van der Waals surface area contributed by atoms with Crippen LogP contribution in [0, 0.1) is 0 Å². The summed E-state index contributed by atoms with van der Waals surface area (Å²) in [5.41, 5.74) is 2.68. The van der Waals surface area contributed by atoms with Gasteiger partial charge in [-0.25, -0.2) is 9.78 Å². The third kappa shape index (κ3) is 3.78. The Morgan fingerprint density at radius 3 is 2.71 bits per heavy atom. The third-order valence-electron chi connectivity index (χ3n) is 6.36. The van der Waals surface area contributed by atoms with Crippen LogP contribution in [-0.4, -0.2) is 37.1 Å². The topological polar surface area (TPSA) is 100 Å². The Morgan fingerprint density at radius 1 is 1.12 bits per heavy atom. The fraction of sp³-hybridized carbons (Fsp3) is 0.192. The van der Waals surface area contributed by atoms with Gasteiger partial charge in [-0.15, -0.1) is 0 Å². The number of carbonyl (C=O) groups excluding carboxylic acids is 1. The molecule has 0 radical (unpaired) electrons. The zero-order valence-electron chi connectivity index (χ0n) is 18.7. The van der Waals surface area contributed by atoms with E-state index in [1.54, 1.807) is 17.8 Å². The van der Waals surface area contributed by atoms with Crippen LogP contribution in [0.15, 0.2) is 67.0 Å². The molecule has 7 nitrogen and oxygen atoms in total. The van der Waals surface area contributed by atoms with E-state index in [0.717, 1.165) is 38.4 Å². The van der Waals surface area contributed by atoms with Gasteiger partial charge in [0.1, 0.15) is 0 Å². The van der Waals surface area contributed by atoms with Crippen molar-refractivity contribution in [1.29, 1.82) is 0 Å². The molecule has 34 heavy (non-hydrogen) atoms. The summed E-state index contributed by atoms with van der Waals surface area (Å²) < 4.78 is 1.75. The number of carboxylic acids is 1. The number of aromatic amines is 1. The largest absolute Gasteiger partial charge is 0.479 e. The Kier molecular flexibility index (Phi) is 5.29. The molecule has 3 aromatic carbocycles. The molecule has 2 aromatic heterocycles. The lowest BCUT2D eigenvalue weighted by atomic mass is 9.95. The number of para-hydroxylation sites is 2. The van der Waals surface area contributed by atoms with Crippen molar-refractivity contribution in [2.75, 3.05) is 0 Å². The lowest BCUT2D eigenvalue weighted by molar-refractivity contribution is -0.147. The summed E-state index contributed by atoms with van der Waals surface area (Å²) in [5, 5.41) is 15.4. The zero-order chi connectivity index (χ0) is 24.0. The molecule has 0 aliphatic rings. The van der Waals surface area contributed by atoms with Crippen LogP contribution in [0.5, 0.6) is 0 Å². The molecule has 0 saturated heterocycles. The van der Waals surface area contributed by atoms with Crippen molar-refractivity contribution in [3.8, 4) is 0 Å². The number of fused-ring (bicyclic) bond motifs is 4. The second kappa shape index (κ2) is 8.18. The summed E-state index contributed by atoms with van der Waals surface area (Å²) in [4.78, 5) is 33.1. The average molecular weight is 475 g/mol. The number of nitrogens with one attached hydrogen (secondary N) is 2. The van der Waals surface area contributed by atoms with Crippen LogP contribution < -0.4 is 5.32 Å². The summed E-state index contributed by atoms with van der Waals surface area (Å²) >= 11 is 6.15. The van der Waals surface area contributed by atoms with Gasteiger partial charge in [-0.05, 0) is 55.8 Å². The Hall–Kier alpha value is -3.84. The van der Waals surface area contributed by atoms with Crippen molar-refractivity contribution < 1.29 is 14.7 Å². The van der Waals surface area contributed by atoms with E-state index >= 15 is 0 Å². The van der Waals surface area contributed by atoms with Crippen LogP contribution in [0.4, 0.5) is 0 Å². The summed E-state index contributed by atoms with van der Waals surface area (Å²) in [6.07, 6.45) is 1.59. The molecule has 2 unspecified atom stereocenters. The molecule has 0 aliphatic heterocycles. The van der Waals surface area contributed by atoms with Crippen LogP contribution in [0.1, 0.15) is 25.3 Å². The molecule has 172 valence electrons. The van der Waals surface area contributed by atoms with Crippen molar-refractivity contribution in [3.05, 3.63) is 77.6 Å². The standard InChI is InChI=1S/C26H23ClN4O3/c1-15(16-7-9-18-19-12-17(27)8-10-20(19)29-22(18)11-16)24(32)30-26(2,25(33)34)13-31-14-28-21-5-3-4-6-23(21)31/h3-12,14-15,29H,13H2,1-2H3,(H,30,32)(H,33,34). The normalized spacial score (nSPS) is 14.3. The van der Waals surface area contributed by atoms with E-state index in [1.165, 1.54) is 6.92 Å². The van der Waals surface area contributed by atoms with Crippen LogP contribution in [0.2, 0.25) is 5.02 Å². The van der Waals surface area contributed by atoms with Gasteiger partial charge in [-0.2, -0.15) is 0 Å². The molecule has 0 saturated carbocycles. The molecule has 3 N–H and O–H groups in total. The van der Waals surface area contributed by atoms with Gasteiger partial charge in [0.15, 0.2) is 5.54 Å². The minimum atomic E-state index is -1.52. The fourth-order valence-electron chi connectivity index (χ4n) is 4.33. The number of aromatic nitrogens is 3. The van der Waals surface area contributed by atoms with Crippen molar-refractivity contribution in [3.63, 3.8) is 0 Å². The number of hydrogen-bond acceptors (Lipinski definition) is 3. The SMILES string of the molecule is CC(C(=O)NC(C)(Cn1cnc2ccccc21)C(=O)O)c1ccc2c(c1)[nH]c1ccc(Cl)cc12. The summed E-state index contributed by atoms with van der Waals surface area (Å²) in [6.45, 7) is 3.33. The van der Waals surface area contributed by atoms with E-state index in [4.69, 9.17) is 11.6 Å². The van der Waals surface area contributed by atoms with E-state index in [9.17, 15) is 14.7 Å². The number of H-pyrrole nitrogens is 1. The molecule has 5 rings (SSSR count). The van der Waals surface area contributed by atoms with E-state index in [0.29, 0.717) is 5.02 Å². The average Bonchev–Trinajstić information content (AvgIpc) is 3.38. The first-order valence-electron chi connectivity index (χ1n) is 10.9. The van der Waals surface area contributed by atoms with Gasteiger partial charge in [-0.3, -0.25) is 4.79 Å². The van der Waals surface area contributed by atoms with E-state index < -0.39 is 17.4 Å². The molecule has 0 bridgehead atoms. The Morgan fingerprint density at radius 2 is 1.91 bits per heavy atom. The van der Waals surface area contributed by atoms with Crippen LogP contribution >= 0.6 is 11.6 Å². The minimum Gasteiger partial charge on any atom is -0.479 e. The van der Waals surface area contributed by atoms with E-state index in [1.807, 2.05) is 60.7 Å². The number of carbonyl (C=O) groups is 2. The Bertz CT molecular complexity index is 1570. The molecule has 1 amide bonds. The Balaban J connectivity index is 1.41. The summed E-state index contributed by atoms with van der Waals surface area (Å²) in [7, 11) is 0. The quantitative estimate of drug-likeness (QED) is 0.319. The second-order valence-corrected chi connectivity index (χ2v) is 9.27. The lowest BCUT2D eigenvalue weighted by Gasteiger charge is -2.28. The number of amides is 1. The molecular formula is C26H23ClN4O3. The van der Waals surface area contributed by atoms with Crippen LogP contribution in [0.3, 0.4) is 0 Å². The third-order valence-corrected chi connectivity index (χ3v) is 6.60. The van der Waals surface area contributed by atoms with Crippen LogP contribution in [0.25, 0.3) is 32.8 Å². The van der Waals surface area contributed by atoms with Gasteiger partial charge in [0, 0.05) is 26.8 Å². The number of halogens is 1. The van der Waals surface area contributed by atoms with Gasteiger partial charge in [0.05, 0.1) is 29.8 Å². The summed E-state index contributed by atoms with van der Waals surface area (Å²) in [6, 6.07) is 18.9. The smallest absolute Gasteiger partial charge is 0.331 e. The van der Waals surface area contributed by atoms with Crippen molar-refractivity contribution in [2.24, 2.45) is 0 Å². The number of hydrogen-bond donors (Lipinski definition) is 3. The maximum absolute atomic E-state index is 13.2. The van der Waals surface area contributed by atoms with E-state index in [2.05, 4.69) is 15.3 Å². The summed E-state index contributed by atoms with van der Waals surface area (Å²) in [5.74, 6) is -2.04. The molecular weight excluding hydrogens is 452 g/mol. The molecule has 2 atom stereocenters. The monoisotopic (exact) mass is 474 g/mol. The van der Waals surface area contributed by atoms with Crippen molar-refractivity contribution in [1.82, 2.24) is 19.9 Å². The van der Waals surface area contributed by atoms with Gasteiger partial charge >= 0.3 is 5.97 Å². The number of benzene rings is 3. The number of aliphatic carboxylic acids is 1. The highest BCUT2D eigenvalue weighted by atomic mass is 35.5. The first-order valence-corrected chi connectivity index (χ1v) is 11.3. The van der Waals surface area contributed by atoms with Gasteiger partial charge in [0.25, 0.3) is 0 Å². The molecule has 0 aliphatic carbocycles. The highest BCUT2D eigenvalue weighted by Gasteiger charge is 2.37. The molecule has 8 heteroatoms. The number of nitrogens with zero attached hydrogens (tertiary/aromatic N) is 2. The Labute approximate surface area is 200 Å². The molecule has 5 aromatic rings. The molecule has 0 fully saturated rings. The number of imidazole rings is 1. The minimum absolute atomic E-state index is 0.0448. The van der Waals surface area contributed by atoms with Crippen LogP contribution in [-0.2, 0) is 16.1 Å². The maximum Gasteiger partial charge on any atom is 0.331 e. The molecule has 2 heterocycles. The van der Waals surface area contributed by atoms with Gasteiger partial charge < -0.3 is 20.0 Å². The second-order valence-electron chi connectivity index (χ2n) is 8.83. The van der Waals surface area contributed by atoms with Gasteiger partial charge in [-0.1, -0.05) is 35.9 Å². The fourth-order valence-corrected chi connectivity index (χ4v) is 4.50. The van der Waals surface area contributed by atoms with E-state index in [-0.39, 0.29) is 12.5 Å². The number of rotatable bonds is 6. The molecule has 0 spiro atoms. The lowest BCUT2D eigenvalue weighted by Crippen LogP contribution is -2.55. The predicted molar refractivity (Wildman–Crippen MR) is 133 cm³/mol. The van der Waals surface area contributed by atoms with Crippen molar-refractivity contribution in [2.45, 2.75) is 31.8 Å². The highest BCUT2D eigenvalue weighted by Crippen LogP contribution is 2.30. The number of carboxylic acid groups (broad SMARTS) is 1. The maximum atomic E-state index is 13.2. The van der Waals surface area contributed by atoms with Crippen molar-refractivity contribution >= 4 is 56.3 Å². The zero-order valence-corrected chi connectivity index (χ0v) is 19.4. The first kappa shape index (κ1) is 22.0. The first-order chi connectivity index (χ1) is 16.2. The predicted octanol–water partition coefficient (Wildman–Crippen LogP) is 5.09. The highest BCUT2D eigenvalue weighted by molar-refractivity contribution is 6.31.